The van der Waals surface area contributed by atoms with Crippen LogP contribution in [0.15, 0.2) is 0 Å². The van der Waals surface area contributed by atoms with E-state index in [0.29, 0.717) is 6.04 Å². The Morgan fingerprint density at radius 1 is 1.26 bits per heavy atom. The molecule has 0 aromatic carbocycles. The maximum Gasteiger partial charge on any atom is 0.317 e. The smallest absolute Gasteiger partial charge is 0.317 e. The first-order chi connectivity index (χ1) is 8.95. The molecule has 1 aliphatic rings. The van der Waals surface area contributed by atoms with Gasteiger partial charge in [-0.2, -0.15) is 0 Å². The maximum atomic E-state index is 11.6. The number of amides is 2. The van der Waals surface area contributed by atoms with Crippen molar-refractivity contribution in [3.05, 3.63) is 0 Å². The zero-order chi connectivity index (χ0) is 15.5. The average molecular weight is 273 g/mol. The minimum atomic E-state index is 0.0748. The summed E-state index contributed by atoms with van der Waals surface area (Å²) in [6.07, 6.45) is 1.05. The molecule has 0 aromatic heterocycles. The Balaban J connectivity index is 0. The first-order valence-electron chi connectivity index (χ1n) is 7.65. The van der Waals surface area contributed by atoms with Gasteiger partial charge in [0.15, 0.2) is 0 Å². The maximum absolute atomic E-state index is 11.6. The molecule has 2 N–H and O–H groups in total. The van der Waals surface area contributed by atoms with Gasteiger partial charge in [0, 0.05) is 25.7 Å². The van der Waals surface area contributed by atoms with Gasteiger partial charge in [-0.25, -0.2) is 4.79 Å². The van der Waals surface area contributed by atoms with E-state index in [4.69, 9.17) is 0 Å². The van der Waals surface area contributed by atoms with E-state index in [1.54, 1.807) is 0 Å². The minimum absolute atomic E-state index is 0.0748. The Kier molecular flexibility index (Phi) is 12.0. The second kappa shape index (κ2) is 11.1. The van der Waals surface area contributed by atoms with Gasteiger partial charge in [-0.1, -0.05) is 48.5 Å². The number of urea groups is 1. The SMILES string of the molecule is CC.CC.CNC(CN1CCCNC1=O)C(C)(C)C. The van der Waals surface area contributed by atoms with Crippen LogP contribution in [0, 0.1) is 5.41 Å². The van der Waals surface area contributed by atoms with E-state index in [1.165, 1.54) is 0 Å². The standard InChI is InChI=1S/C11H23N3O.2C2H6/c1-11(2,3)9(12-4)8-14-7-5-6-13-10(14)15;2*1-2/h9,12H,5-8H2,1-4H3,(H,13,15);2*1-2H3. The second-order valence-electron chi connectivity index (χ2n) is 5.24. The Labute approximate surface area is 120 Å². The number of hydrogen-bond donors (Lipinski definition) is 2. The van der Waals surface area contributed by atoms with Gasteiger partial charge in [0.1, 0.15) is 0 Å². The van der Waals surface area contributed by atoms with Crippen LogP contribution < -0.4 is 10.6 Å². The van der Waals surface area contributed by atoms with Crippen LogP contribution in [0.4, 0.5) is 4.79 Å². The van der Waals surface area contributed by atoms with Crippen LogP contribution >= 0.6 is 0 Å². The summed E-state index contributed by atoms with van der Waals surface area (Å²) in [6, 6.07) is 0.409. The molecule has 116 valence electrons. The summed E-state index contributed by atoms with van der Waals surface area (Å²) in [5, 5.41) is 6.16. The normalized spacial score (nSPS) is 16.4. The number of likely N-dealkylation sites (N-methyl/N-ethyl adjacent to an activating group) is 1. The summed E-state index contributed by atoms with van der Waals surface area (Å²) in [5.74, 6) is 0. The fraction of sp³-hybridized carbons (Fsp3) is 0.933. The number of carbonyl (C=O) groups is 1. The first-order valence-corrected chi connectivity index (χ1v) is 7.65. The second-order valence-corrected chi connectivity index (χ2v) is 5.24. The van der Waals surface area contributed by atoms with E-state index in [-0.39, 0.29) is 11.4 Å². The van der Waals surface area contributed by atoms with Crippen molar-refractivity contribution in [3.63, 3.8) is 0 Å². The van der Waals surface area contributed by atoms with Crippen LogP contribution in [-0.4, -0.2) is 43.7 Å². The van der Waals surface area contributed by atoms with Gasteiger partial charge in [0.25, 0.3) is 0 Å². The van der Waals surface area contributed by atoms with E-state index in [9.17, 15) is 4.79 Å². The highest BCUT2D eigenvalue weighted by molar-refractivity contribution is 5.74. The largest absolute Gasteiger partial charge is 0.338 e. The fourth-order valence-corrected chi connectivity index (χ4v) is 1.87. The predicted molar refractivity (Wildman–Crippen MR) is 84.6 cm³/mol. The van der Waals surface area contributed by atoms with Crippen LogP contribution in [-0.2, 0) is 0 Å². The van der Waals surface area contributed by atoms with Crippen molar-refractivity contribution < 1.29 is 4.79 Å². The zero-order valence-corrected chi connectivity index (χ0v) is 14.3. The number of nitrogens with one attached hydrogen (secondary N) is 2. The molecule has 0 spiro atoms. The molecule has 0 saturated carbocycles. The number of carbonyl (C=O) groups excluding carboxylic acids is 1. The van der Waals surface area contributed by atoms with Crippen molar-refractivity contribution in [1.82, 2.24) is 15.5 Å². The molecule has 1 aliphatic heterocycles. The summed E-state index contributed by atoms with van der Waals surface area (Å²) < 4.78 is 0. The van der Waals surface area contributed by atoms with Crippen LogP contribution in [0.2, 0.25) is 0 Å². The van der Waals surface area contributed by atoms with Crippen molar-refractivity contribution in [2.24, 2.45) is 5.41 Å². The van der Waals surface area contributed by atoms with Crippen molar-refractivity contribution in [2.45, 2.75) is 60.9 Å². The van der Waals surface area contributed by atoms with Crippen LogP contribution in [0.5, 0.6) is 0 Å². The van der Waals surface area contributed by atoms with Crippen LogP contribution in [0.1, 0.15) is 54.9 Å². The third kappa shape index (κ3) is 8.09. The molecule has 1 saturated heterocycles. The van der Waals surface area contributed by atoms with Crippen LogP contribution in [0.25, 0.3) is 0 Å². The average Bonchev–Trinajstić information content (AvgIpc) is 2.41. The topological polar surface area (TPSA) is 44.4 Å². The Hall–Kier alpha value is -0.770. The lowest BCUT2D eigenvalue weighted by molar-refractivity contribution is 0.158. The van der Waals surface area contributed by atoms with Gasteiger partial charge in [0.05, 0.1) is 0 Å². The van der Waals surface area contributed by atoms with E-state index < -0.39 is 0 Å². The monoisotopic (exact) mass is 273 g/mol. The molecule has 0 radical (unpaired) electrons. The van der Waals surface area contributed by atoms with Gasteiger partial charge in [-0.15, -0.1) is 0 Å². The summed E-state index contributed by atoms with van der Waals surface area (Å²) in [6.45, 7) is 17.0. The quantitative estimate of drug-likeness (QED) is 0.830. The molecule has 1 atom stereocenters. The molecule has 1 heterocycles. The number of rotatable bonds is 3. The molecule has 4 heteroatoms. The third-order valence-corrected chi connectivity index (χ3v) is 2.97. The molecule has 4 nitrogen and oxygen atoms in total. The van der Waals surface area contributed by atoms with Gasteiger partial charge in [-0.05, 0) is 18.9 Å². The summed E-state index contributed by atoms with van der Waals surface area (Å²) in [5.41, 5.74) is 0.173. The van der Waals surface area contributed by atoms with Gasteiger partial charge in [-0.3, -0.25) is 0 Å². The highest BCUT2D eigenvalue weighted by atomic mass is 16.2. The molecule has 2 amide bonds. The number of hydrogen-bond acceptors (Lipinski definition) is 2. The van der Waals surface area contributed by atoms with Crippen molar-refractivity contribution in [3.8, 4) is 0 Å². The molecule has 1 rings (SSSR count). The van der Waals surface area contributed by atoms with Gasteiger partial charge in [0.2, 0.25) is 0 Å². The van der Waals surface area contributed by atoms with E-state index in [2.05, 4.69) is 31.4 Å². The van der Waals surface area contributed by atoms with E-state index >= 15 is 0 Å². The molecule has 0 bridgehead atoms. The summed E-state index contributed by atoms with van der Waals surface area (Å²) in [7, 11) is 1.96. The summed E-state index contributed by atoms with van der Waals surface area (Å²) >= 11 is 0. The highest BCUT2D eigenvalue weighted by Gasteiger charge is 2.28. The molecule has 1 fully saturated rings. The molecule has 0 aromatic rings. The Morgan fingerprint density at radius 2 is 1.79 bits per heavy atom. The van der Waals surface area contributed by atoms with Crippen LogP contribution in [0.3, 0.4) is 0 Å². The predicted octanol–water partition coefficient (Wildman–Crippen LogP) is 3.09. The third-order valence-electron chi connectivity index (χ3n) is 2.97. The van der Waals surface area contributed by atoms with Crippen molar-refractivity contribution >= 4 is 6.03 Å². The minimum Gasteiger partial charge on any atom is -0.338 e. The number of nitrogens with zero attached hydrogens (tertiary/aromatic N) is 1. The molecular formula is C15H35N3O. The van der Waals surface area contributed by atoms with Gasteiger partial charge >= 0.3 is 6.03 Å². The zero-order valence-electron chi connectivity index (χ0n) is 14.3. The Bertz CT molecular complexity index is 224. The van der Waals surface area contributed by atoms with E-state index in [0.717, 1.165) is 26.1 Å². The lowest BCUT2D eigenvalue weighted by Crippen LogP contribution is -2.54. The van der Waals surface area contributed by atoms with E-state index in [1.807, 2.05) is 39.6 Å². The fourth-order valence-electron chi connectivity index (χ4n) is 1.87. The highest BCUT2D eigenvalue weighted by Crippen LogP contribution is 2.20. The molecule has 1 unspecified atom stereocenters. The first kappa shape index (κ1) is 20.5. The molecule has 19 heavy (non-hydrogen) atoms. The van der Waals surface area contributed by atoms with Crippen molar-refractivity contribution in [2.75, 3.05) is 26.7 Å². The molecule has 0 aliphatic carbocycles. The lowest BCUT2D eigenvalue weighted by atomic mass is 9.86. The molecular weight excluding hydrogens is 238 g/mol. The lowest BCUT2D eigenvalue weighted by Gasteiger charge is -2.36. The Morgan fingerprint density at radius 3 is 2.16 bits per heavy atom. The summed E-state index contributed by atoms with van der Waals surface area (Å²) in [4.78, 5) is 13.5. The van der Waals surface area contributed by atoms with Crippen molar-refractivity contribution in [1.29, 1.82) is 0 Å². The van der Waals surface area contributed by atoms with Gasteiger partial charge < -0.3 is 15.5 Å².